The van der Waals surface area contributed by atoms with Crippen molar-refractivity contribution in [1.29, 1.82) is 0 Å². The molecule has 6 rings (SSSR count). The molecule has 16 heteroatoms. The highest BCUT2D eigenvalue weighted by atomic mass is 19.1. The summed E-state index contributed by atoms with van der Waals surface area (Å²) in [7, 11) is 0. The van der Waals surface area contributed by atoms with Crippen LogP contribution in [0.4, 0.5) is 4.39 Å². The number of pyridine rings is 2. The van der Waals surface area contributed by atoms with Gasteiger partial charge in [0.15, 0.2) is 6.10 Å². The quantitative estimate of drug-likeness (QED) is 0.199. The third kappa shape index (κ3) is 8.60. The number of carbonyl (C=O) groups excluding carboxylic acids is 5. The number of benzene rings is 1. The average molecular weight is 753 g/mol. The van der Waals surface area contributed by atoms with Gasteiger partial charge in [-0.05, 0) is 48.9 Å². The Bertz CT molecular complexity index is 2030. The number of aromatic nitrogens is 2. The summed E-state index contributed by atoms with van der Waals surface area (Å²) in [5, 5.41) is 20.2. The number of nitrogens with two attached hydrogens (primary N) is 1. The standard InChI is InChI=1S/C22H17FN2O4.C14H26N4O5.C2H6/c1-9-10-3-2-4-11-13-7-25-17(19(13)24-16(18(10)11)6-15(9)23)5-12-14(21(25)27)8-29-22(28)20(12)26;1-11(20)16(4-5-17(8-9-19)12(2)21)6-7-18(13(3)22)10-14(15)23;1-2/h5-6,20,26H,2-4,7-8H2,1H3;19H,4-10H2,1-3H3,(H2,15,23);1-2H3. The molecular weight excluding hydrogens is 703 g/mol. The van der Waals surface area contributed by atoms with E-state index in [9.17, 15) is 38.3 Å². The summed E-state index contributed by atoms with van der Waals surface area (Å²) < 4.78 is 21.1. The van der Waals surface area contributed by atoms with Crippen LogP contribution in [0, 0.1) is 12.7 Å². The summed E-state index contributed by atoms with van der Waals surface area (Å²) in [5.41, 5.74) is 10.9. The Hall–Kier alpha value is -5.22. The largest absolute Gasteiger partial charge is 0.458 e. The van der Waals surface area contributed by atoms with Crippen LogP contribution in [0.25, 0.3) is 22.3 Å². The van der Waals surface area contributed by atoms with Gasteiger partial charge in [0.25, 0.3) is 5.56 Å². The van der Waals surface area contributed by atoms with E-state index in [0.717, 1.165) is 41.3 Å². The number of aryl methyl sites for hydroxylation is 2. The molecule has 0 bridgehead atoms. The molecule has 3 aliphatic rings. The third-order valence-electron chi connectivity index (χ3n) is 9.87. The molecule has 1 aromatic carbocycles. The second-order valence-electron chi connectivity index (χ2n) is 13.1. The number of halogens is 1. The van der Waals surface area contributed by atoms with Gasteiger partial charge in [-0.2, -0.15) is 0 Å². The molecule has 0 saturated carbocycles. The number of primary amides is 1. The summed E-state index contributed by atoms with van der Waals surface area (Å²) in [6, 6.07) is 3.13. The van der Waals surface area contributed by atoms with Crippen LogP contribution in [0.1, 0.15) is 80.5 Å². The van der Waals surface area contributed by atoms with Crippen molar-refractivity contribution >= 4 is 40.5 Å². The Kier molecular flexibility index (Phi) is 13.6. The highest BCUT2D eigenvalue weighted by Gasteiger charge is 2.35. The van der Waals surface area contributed by atoms with Gasteiger partial charge in [0.2, 0.25) is 23.6 Å². The fourth-order valence-corrected chi connectivity index (χ4v) is 7.06. The van der Waals surface area contributed by atoms with E-state index in [1.165, 1.54) is 41.5 Å². The van der Waals surface area contributed by atoms with Crippen LogP contribution in [0.3, 0.4) is 0 Å². The minimum Gasteiger partial charge on any atom is -0.458 e. The molecule has 292 valence electrons. The van der Waals surface area contributed by atoms with Crippen molar-refractivity contribution in [3.63, 3.8) is 0 Å². The number of ether oxygens (including phenoxy) is 1. The lowest BCUT2D eigenvalue weighted by Crippen LogP contribution is -2.45. The summed E-state index contributed by atoms with van der Waals surface area (Å²) in [5.74, 6) is -2.37. The monoisotopic (exact) mass is 752 g/mol. The minimum absolute atomic E-state index is 0.141. The first-order chi connectivity index (χ1) is 25.6. The number of aliphatic hydroxyl groups is 2. The zero-order valence-corrected chi connectivity index (χ0v) is 31.7. The molecule has 1 aliphatic carbocycles. The number of amides is 4. The molecule has 0 radical (unpaired) electrons. The van der Waals surface area contributed by atoms with Crippen LogP contribution in [-0.2, 0) is 54.7 Å². The highest BCUT2D eigenvalue weighted by Crippen LogP contribution is 2.42. The van der Waals surface area contributed by atoms with Gasteiger partial charge >= 0.3 is 5.97 Å². The van der Waals surface area contributed by atoms with Crippen LogP contribution < -0.4 is 11.3 Å². The van der Waals surface area contributed by atoms with Crippen LogP contribution >= 0.6 is 0 Å². The third-order valence-corrected chi connectivity index (χ3v) is 9.87. The van der Waals surface area contributed by atoms with Gasteiger partial charge in [-0.15, -0.1) is 0 Å². The molecule has 1 unspecified atom stereocenters. The van der Waals surface area contributed by atoms with Crippen molar-refractivity contribution in [3.05, 3.63) is 61.7 Å². The number of cyclic esters (lactones) is 1. The first-order valence-corrected chi connectivity index (χ1v) is 18.0. The molecule has 1 atom stereocenters. The molecule has 4 N–H and O–H groups in total. The van der Waals surface area contributed by atoms with Crippen molar-refractivity contribution in [2.24, 2.45) is 5.73 Å². The number of fused-ring (bicyclic) bond motifs is 5. The van der Waals surface area contributed by atoms with E-state index < -0.39 is 18.0 Å². The topological polar surface area (TPSA) is 206 Å². The van der Waals surface area contributed by atoms with Gasteiger partial charge < -0.3 is 40.0 Å². The molecule has 0 saturated heterocycles. The number of hydrogen-bond donors (Lipinski definition) is 3. The summed E-state index contributed by atoms with van der Waals surface area (Å²) in [6.45, 7) is 10.9. The van der Waals surface area contributed by atoms with Gasteiger partial charge in [-0.1, -0.05) is 13.8 Å². The molecule has 0 spiro atoms. The Balaban J connectivity index is 0.000000238. The fourth-order valence-electron chi connectivity index (χ4n) is 7.06. The average Bonchev–Trinajstić information content (AvgIpc) is 3.50. The number of carbonyl (C=O) groups is 5. The first-order valence-electron chi connectivity index (χ1n) is 18.0. The Morgan fingerprint density at radius 3 is 2.06 bits per heavy atom. The van der Waals surface area contributed by atoms with Crippen molar-refractivity contribution in [2.75, 3.05) is 45.9 Å². The van der Waals surface area contributed by atoms with Crippen molar-refractivity contribution < 1.29 is 43.3 Å². The van der Waals surface area contributed by atoms with E-state index in [4.69, 9.17) is 20.6 Å². The fraction of sp³-hybridized carbons (Fsp3) is 0.500. The maximum Gasteiger partial charge on any atom is 0.340 e. The van der Waals surface area contributed by atoms with Crippen LogP contribution in [0.5, 0.6) is 0 Å². The van der Waals surface area contributed by atoms with Crippen LogP contribution in [0.2, 0.25) is 0 Å². The molecule has 15 nitrogen and oxygen atoms in total. The van der Waals surface area contributed by atoms with Gasteiger partial charge in [0, 0.05) is 76.1 Å². The van der Waals surface area contributed by atoms with E-state index in [1.807, 2.05) is 13.8 Å². The van der Waals surface area contributed by atoms with Crippen LogP contribution in [-0.4, -0.2) is 110 Å². The van der Waals surface area contributed by atoms with Crippen LogP contribution in [0.15, 0.2) is 16.9 Å². The summed E-state index contributed by atoms with van der Waals surface area (Å²) in [6.07, 6.45) is 1.12. The van der Waals surface area contributed by atoms with E-state index in [1.54, 1.807) is 17.6 Å². The van der Waals surface area contributed by atoms with Gasteiger partial charge in [0.05, 0.1) is 42.2 Å². The molecule has 4 heterocycles. The maximum atomic E-state index is 14.5. The lowest BCUT2D eigenvalue weighted by atomic mass is 9.85. The predicted octanol–water partition coefficient (Wildman–Crippen LogP) is 1.49. The van der Waals surface area contributed by atoms with E-state index in [0.29, 0.717) is 34.6 Å². The molecule has 2 aliphatic heterocycles. The number of nitrogens with zero attached hydrogens (tertiary/aromatic N) is 5. The predicted molar refractivity (Wildman–Crippen MR) is 196 cm³/mol. The van der Waals surface area contributed by atoms with Crippen molar-refractivity contribution in [3.8, 4) is 11.4 Å². The Morgan fingerprint density at radius 1 is 0.907 bits per heavy atom. The molecule has 2 aromatic heterocycles. The molecule has 4 amide bonds. The molecule has 54 heavy (non-hydrogen) atoms. The number of aliphatic hydroxyl groups excluding tert-OH is 2. The van der Waals surface area contributed by atoms with E-state index in [-0.39, 0.29) is 87.1 Å². The number of hydrogen-bond acceptors (Lipinski definition) is 10. The van der Waals surface area contributed by atoms with Gasteiger partial charge in [-0.3, -0.25) is 24.0 Å². The van der Waals surface area contributed by atoms with E-state index >= 15 is 0 Å². The van der Waals surface area contributed by atoms with Gasteiger partial charge in [-0.25, -0.2) is 14.2 Å². The van der Waals surface area contributed by atoms with Gasteiger partial charge in [0.1, 0.15) is 12.4 Å². The first kappa shape index (κ1) is 41.5. The zero-order chi connectivity index (χ0) is 40.0. The Morgan fingerprint density at radius 2 is 1.48 bits per heavy atom. The summed E-state index contributed by atoms with van der Waals surface area (Å²) >= 11 is 0. The second kappa shape index (κ2) is 17.7. The maximum absolute atomic E-state index is 14.5. The molecule has 0 fully saturated rings. The highest BCUT2D eigenvalue weighted by molar-refractivity contribution is 5.92. The lowest BCUT2D eigenvalue weighted by Gasteiger charge is -2.28. The second-order valence-corrected chi connectivity index (χ2v) is 13.1. The van der Waals surface area contributed by atoms with E-state index in [2.05, 4.69) is 0 Å². The SMILES string of the molecule is CC.CC(=O)N(CCO)CCN(CCN(CC(N)=O)C(C)=O)C(C)=O.Cc1c(F)cc2nc3c(c4c2c1CCC4)Cn1c-3cc2c(c1=O)COC(=O)C2O. The Labute approximate surface area is 312 Å². The summed E-state index contributed by atoms with van der Waals surface area (Å²) in [4.78, 5) is 79.2. The number of esters is 1. The smallest absolute Gasteiger partial charge is 0.340 e. The van der Waals surface area contributed by atoms with Crippen molar-refractivity contribution in [2.45, 2.75) is 80.1 Å². The minimum atomic E-state index is -1.48. The van der Waals surface area contributed by atoms with Crippen molar-refractivity contribution in [1.82, 2.24) is 24.3 Å². The zero-order valence-electron chi connectivity index (χ0n) is 31.7. The molecular formula is C38H49FN6O9. The molecule has 3 aromatic rings. The number of rotatable bonds is 10. The lowest BCUT2D eigenvalue weighted by molar-refractivity contribution is -0.157. The normalized spacial score (nSPS) is 14.6.